The van der Waals surface area contributed by atoms with Gasteiger partial charge in [-0.15, -0.1) is 11.3 Å². The largest absolute Gasteiger partial charge is 0.312 e. The number of rotatable bonds is 2. The van der Waals surface area contributed by atoms with Crippen LogP contribution in [0.15, 0.2) is 22.7 Å². The van der Waals surface area contributed by atoms with E-state index in [0.29, 0.717) is 21.0 Å². The molecule has 1 amide bonds. The van der Waals surface area contributed by atoms with Crippen molar-refractivity contribution in [2.45, 2.75) is 26.2 Å². The zero-order valence-corrected chi connectivity index (χ0v) is 14.9. The molecule has 1 aromatic heterocycles. The van der Waals surface area contributed by atoms with Gasteiger partial charge in [-0.25, -0.2) is 4.39 Å². The van der Waals surface area contributed by atoms with Gasteiger partial charge in [0.15, 0.2) is 0 Å². The van der Waals surface area contributed by atoms with E-state index in [0.717, 1.165) is 29.7 Å². The molecular formula is C17H14BrFN2OS. The molecule has 0 fully saturated rings. The molecule has 0 spiro atoms. The monoisotopic (exact) mass is 392 g/mol. The van der Waals surface area contributed by atoms with Crippen molar-refractivity contribution in [1.82, 2.24) is 0 Å². The summed E-state index contributed by atoms with van der Waals surface area (Å²) >= 11 is 4.60. The van der Waals surface area contributed by atoms with Crippen molar-refractivity contribution in [3.8, 4) is 6.07 Å². The molecule has 6 heteroatoms. The fraction of sp³-hybridized carbons (Fsp3) is 0.294. The van der Waals surface area contributed by atoms with Crippen molar-refractivity contribution >= 4 is 38.2 Å². The second-order valence-electron chi connectivity index (χ2n) is 5.75. The van der Waals surface area contributed by atoms with Gasteiger partial charge in [-0.05, 0) is 48.9 Å². The number of carbonyl (C=O) groups excluding carboxylic acids is 1. The highest BCUT2D eigenvalue weighted by Crippen LogP contribution is 2.39. The Bertz CT molecular complexity index is 825. The molecule has 3 nitrogen and oxygen atoms in total. The smallest absolute Gasteiger partial charge is 0.259 e. The number of nitrogens with one attached hydrogen (secondary N) is 1. The summed E-state index contributed by atoms with van der Waals surface area (Å²) in [5, 5.41) is 12.7. The van der Waals surface area contributed by atoms with Gasteiger partial charge in [0.25, 0.3) is 5.91 Å². The lowest BCUT2D eigenvalue weighted by Gasteiger charge is -2.17. The highest BCUT2D eigenvalue weighted by molar-refractivity contribution is 9.10. The molecule has 2 aromatic rings. The number of thiophene rings is 1. The van der Waals surface area contributed by atoms with Crippen molar-refractivity contribution in [1.29, 1.82) is 5.26 Å². The Kier molecular flexibility index (Phi) is 4.51. The summed E-state index contributed by atoms with van der Waals surface area (Å²) in [4.78, 5) is 13.5. The molecule has 1 heterocycles. The van der Waals surface area contributed by atoms with E-state index >= 15 is 0 Å². The first kappa shape index (κ1) is 16.2. The van der Waals surface area contributed by atoms with Crippen molar-refractivity contribution in [2.75, 3.05) is 5.32 Å². The third-order valence-electron chi connectivity index (χ3n) is 4.03. The Morgan fingerprint density at radius 2 is 2.30 bits per heavy atom. The molecule has 0 radical (unpaired) electrons. The summed E-state index contributed by atoms with van der Waals surface area (Å²) in [5.41, 5.74) is 1.54. The van der Waals surface area contributed by atoms with Crippen LogP contribution in [0.1, 0.15) is 39.7 Å². The molecule has 1 aliphatic carbocycles. The Hall–Kier alpha value is -1.71. The van der Waals surface area contributed by atoms with Gasteiger partial charge in [0.1, 0.15) is 16.9 Å². The van der Waals surface area contributed by atoms with Gasteiger partial charge in [-0.3, -0.25) is 4.79 Å². The molecule has 1 unspecified atom stereocenters. The predicted molar refractivity (Wildman–Crippen MR) is 92.3 cm³/mol. The van der Waals surface area contributed by atoms with E-state index in [4.69, 9.17) is 0 Å². The van der Waals surface area contributed by atoms with Gasteiger partial charge in [-0.1, -0.05) is 22.9 Å². The lowest BCUT2D eigenvalue weighted by atomic mass is 9.88. The van der Waals surface area contributed by atoms with Crippen LogP contribution in [0.2, 0.25) is 0 Å². The average Bonchev–Trinajstić information content (AvgIpc) is 2.82. The van der Waals surface area contributed by atoms with Crippen LogP contribution in [0.4, 0.5) is 9.39 Å². The standard InChI is InChI=1S/C17H14BrFN2OS/c1-9-2-4-11-13(8-20)17(23-15(11)6-9)21-16(22)12-5-3-10(18)7-14(12)19/h3,5,7,9H,2,4,6H2,1H3,(H,21,22). The first-order valence-electron chi connectivity index (χ1n) is 7.30. The minimum Gasteiger partial charge on any atom is -0.312 e. The van der Waals surface area contributed by atoms with Crippen molar-refractivity contribution in [2.24, 2.45) is 5.92 Å². The van der Waals surface area contributed by atoms with Crippen LogP contribution in [-0.2, 0) is 12.8 Å². The Labute approximate surface area is 146 Å². The molecule has 0 saturated heterocycles. The van der Waals surface area contributed by atoms with E-state index in [1.807, 2.05) is 0 Å². The van der Waals surface area contributed by atoms with Crippen LogP contribution in [0.25, 0.3) is 0 Å². The van der Waals surface area contributed by atoms with Crippen LogP contribution >= 0.6 is 27.3 Å². The highest BCUT2D eigenvalue weighted by Gasteiger charge is 2.25. The Morgan fingerprint density at radius 3 is 3.00 bits per heavy atom. The van der Waals surface area contributed by atoms with E-state index in [2.05, 4.69) is 34.2 Å². The summed E-state index contributed by atoms with van der Waals surface area (Å²) in [5.74, 6) is -0.538. The molecule has 1 aromatic carbocycles. The second kappa shape index (κ2) is 6.42. The third-order valence-corrected chi connectivity index (χ3v) is 5.69. The van der Waals surface area contributed by atoms with Crippen LogP contribution in [0.5, 0.6) is 0 Å². The lowest BCUT2D eigenvalue weighted by Crippen LogP contribution is -2.13. The van der Waals surface area contributed by atoms with E-state index in [1.54, 1.807) is 6.07 Å². The number of halogens is 2. The summed E-state index contributed by atoms with van der Waals surface area (Å²) in [6.07, 6.45) is 2.84. The van der Waals surface area contributed by atoms with Crippen LogP contribution in [-0.4, -0.2) is 5.91 Å². The Morgan fingerprint density at radius 1 is 1.52 bits per heavy atom. The minimum atomic E-state index is -0.592. The molecular weight excluding hydrogens is 379 g/mol. The normalized spacial score (nSPS) is 16.5. The molecule has 3 rings (SSSR count). The maximum atomic E-state index is 13.9. The molecule has 0 bridgehead atoms. The van der Waals surface area contributed by atoms with Crippen LogP contribution in [0, 0.1) is 23.1 Å². The van der Waals surface area contributed by atoms with E-state index in [1.165, 1.54) is 23.5 Å². The van der Waals surface area contributed by atoms with Gasteiger partial charge in [0.05, 0.1) is 11.1 Å². The lowest BCUT2D eigenvalue weighted by molar-refractivity contribution is 0.102. The number of benzene rings is 1. The van der Waals surface area contributed by atoms with Crippen LogP contribution < -0.4 is 5.32 Å². The topological polar surface area (TPSA) is 52.9 Å². The highest BCUT2D eigenvalue weighted by atomic mass is 79.9. The van der Waals surface area contributed by atoms with Crippen LogP contribution in [0.3, 0.4) is 0 Å². The maximum absolute atomic E-state index is 13.9. The van der Waals surface area contributed by atoms with E-state index in [-0.39, 0.29) is 5.56 Å². The van der Waals surface area contributed by atoms with E-state index < -0.39 is 11.7 Å². The first-order chi connectivity index (χ1) is 11.0. The number of anilines is 1. The molecule has 0 aliphatic heterocycles. The molecule has 1 atom stereocenters. The van der Waals surface area contributed by atoms with E-state index in [9.17, 15) is 14.4 Å². The van der Waals surface area contributed by atoms with Gasteiger partial charge in [-0.2, -0.15) is 5.26 Å². The quantitative estimate of drug-likeness (QED) is 0.789. The third kappa shape index (κ3) is 3.17. The second-order valence-corrected chi connectivity index (χ2v) is 7.77. The first-order valence-corrected chi connectivity index (χ1v) is 8.91. The minimum absolute atomic E-state index is 0.0307. The number of hydrogen-bond acceptors (Lipinski definition) is 3. The zero-order chi connectivity index (χ0) is 16.6. The number of hydrogen-bond donors (Lipinski definition) is 1. The van der Waals surface area contributed by atoms with Crippen molar-refractivity contribution < 1.29 is 9.18 Å². The number of carbonyl (C=O) groups is 1. The number of amides is 1. The molecule has 23 heavy (non-hydrogen) atoms. The Balaban J connectivity index is 1.91. The number of nitrogens with zero attached hydrogens (tertiary/aromatic N) is 1. The summed E-state index contributed by atoms with van der Waals surface area (Å²) in [7, 11) is 0. The average molecular weight is 393 g/mol. The fourth-order valence-corrected chi connectivity index (χ4v) is 4.49. The van der Waals surface area contributed by atoms with Gasteiger partial charge >= 0.3 is 0 Å². The van der Waals surface area contributed by atoms with Gasteiger partial charge in [0.2, 0.25) is 0 Å². The number of fused-ring (bicyclic) bond motifs is 1. The number of nitriles is 1. The zero-order valence-electron chi connectivity index (χ0n) is 12.5. The SMILES string of the molecule is CC1CCc2c(sc(NC(=O)c3ccc(Br)cc3F)c2C#N)C1. The van der Waals surface area contributed by atoms with Crippen molar-refractivity contribution in [3.63, 3.8) is 0 Å². The molecule has 0 saturated carbocycles. The molecule has 1 aliphatic rings. The summed E-state index contributed by atoms with van der Waals surface area (Å²) < 4.78 is 14.5. The van der Waals surface area contributed by atoms with Gasteiger partial charge in [0, 0.05) is 9.35 Å². The van der Waals surface area contributed by atoms with Gasteiger partial charge < -0.3 is 5.32 Å². The summed E-state index contributed by atoms with van der Waals surface area (Å²) in [6, 6.07) is 6.49. The summed E-state index contributed by atoms with van der Waals surface area (Å²) in [6.45, 7) is 2.18. The predicted octanol–water partition coefficient (Wildman–Crippen LogP) is 4.90. The molecule has 118 valence electrons. The van der Waals surface area contributed by atoms with Crippen molar-refractivity contribution in [3.05, 3.63) is 50.1 Å². The fourth-order valence-electron chi connectivity index (χ4n) is 2.80. The molecule has 1 N–H and O–H groups in total. The maximum Gasteiger partial charge on any atom is 0.259 e.